The number of amides is 1. The molecule has 152 valence electrons. The molecule has 0 atom stereocenters. The molecule has 1 saturated heterocycles. The number of imidazole rings is 1. The molecule has 1 aliphatic heterocycles. The van der Waals surface area contributed by atoms with E-state index < -0.39 is 0 Å². The second-order valence-corrected chi connectivity index (χ2v) is 8.50. The van der Waals surface area contributed by atoms with Crippen molar-refractivity contribution in [2.75, 3.05) is 4.90 Å². The number of anilines is 1. The number of aryl methyl sites for hydroxylation is 2. The van der Waals surface area contributed by atoms with E-state index in [2.05, 4.69) is 9.97 Å². The van der Waals surface area contributed by atoms with Crippen molar-refractivity contribution in [1.29, 1.82) is 0 Å². The molecule has 0 aliphatic carbocycles. The van der Waals surface area contributed by atoms with Gasteiger partial charge in [0.05, 0.1) is 33.6 Å². The van der Waals surface area contributed by atoms with Gasteiger partial charge in [-0.25, -0.2) is 9.98 Å². The van der Waals surface area contributed by atoms with Gasteiger partial charge in [0.15, 0.2) is 5.17 Å². The Kier molecular flexibility index (Phi) is 4.92. The number of H-pyrrole nitrogens is 1. The number of rotatable bonds is 3. The first-order chi connectivity index (χ1) is 15.1. The van der Waals surface area contributed by atoms with E-state index in [1.807, 2.05) is 86.7 Å². The molecule has 0 spiro atoms. The number of aromatic amines is 1. The quantitative estimate of drug-likeness (QED) is 0.411. The summed E-state index contributed by atoms with van der Waals surface area (Å²) in [6.07, 6.45) is 3.57. The lowest BCUT2D eigenvalue weighted by atomic mass is 10.1. The molecule has 2 heterocycles. The zero-order valence-electron chi connectivity index (χ0n) is 17.2. The van der Waals surface area contributed by atoms with Crippen LogP contribution in [0.25, 0.3) is 17.1 Å². The molecule has 5 nitrogen and oxygen atoms in total. The lowest BCUT2D eigenvalue weighted by Crippen LogP contribution is -2.28. The zero-order chi connectivity index (χ0) is 21.4. The molecule has 1 aromatic heterocycles. The molecule has 1 aliphatic rings. The van der Waals surface area contributed by atoms with Crippen LogP contribution in [-0.4, -0.2) is 21.0 Å². The number of fused-ring (bicyclic) bond motifs is 1. The largest absolute Gasteiger partial charge is 0.345 e. The molecule has 31 heavy (non-hydrogen) atoms. The van der Waals surface area contributed by atoms with E-state index >= 15 is 0 Å². The van der Waals surface area contributed by atoms with Gasteiger partial charge in [-0.3, -0.25) is 9.69 Å². The Labute approximate surface area is 184 Å². The van der Waals surface area contributed by atoms with Crippen molar-refractivity contribution in [3.63, 3.8) is 0 Å². The van der Waals surface area contributed by atoms with Crippen LogP contribution in [0.2, 0.25) is 0 Å². The molecular formula is C25H20N4OS. The van der Waals surface area contributed by atoms with E-state index in [-0.39, 0.29) is 5.91 Å². The standard InChI is InChI=1S/C25H20N4OS/c1-16-3-8-19(9-4-16)28-25-29(20-10-5-17(2)6-11-20)24(30)23(31-25)14-18-7-12-21-22(13-18)27-15-26-21/h3-15H,1-2H3,(H,26,27). The van der Waals surface area contributed by atoms with Crippen LogP contribution in [0.3, 0.4) is 0 Å². The summed E-state index contributed by atoms with van der Waals surface area (Å²) in [5.74, 6) is -0.0816. The molecular weight excluding hydrogens is 404 g/mol. The topological polar surface area (TPSA) is 61.4 Å². The molecule has 0 unspecified atom stereocenters. The summed E-state index contributed by atoms with van der Waals surface area (Å²) in [4.78, 5) is 27.9. The highest BCUT2D eigenvalue weighted by atomic mass is 32.2. The minimum Gasteiger partial charge on any atom is -0.345 e. The Morgan fingerprint density at radius 1 is 0.968 bits per heavy atom. The van der Waals surface area contributed by atoms with Crippen LogP contribution >= 0.6 is 11.8 Å². The SMILES string of the molecule is Cc1ccc(N=C2SC(=Cc3ccc4[nH]cnc4c3)C(=O)N2c2ccc(C)cc2)cc1. The van der Waals surface area contributed by atoms with Crippen LogP contribution in [0.1, 0.15) is 16.7 Å². The third-order valence-corrected chi connectivity index (χ3v) is 6.07. The van der Waals surface area contributed by atoms with Gasteiger partial charge in [-0.15, -0.1) is 0 Å². The van der Waals surface area contributed by atoms with Crippen LogP contribution in [-0.2, 0) is 4.79 Å². The first-order valence-corrected chi connectivity index (χ1v) is 10.8. The van der Waals surface area contributed by atoms with Gasteiger partial charge in [-0.2, -0.15) is 0 Å². The van der Waals surface area contributed by atoms with Crippen LogP contribution in [0.5, 0.6) is 0 Å². The summed E-state index contributed by atoms with van der Waals surface area (Å²) < 4.78 is 0. The fraction of sp³-hybridized carbons (Fsp3) is 0.0800. The van der Waals surface area contributed by atoms with Crippen molar-refractivity contribution in [3.05, 3.63) is 94.7 Å². The molecule has 5 rings (SSSR count). The summed E-state index contributed by atoms with van der Waals surface area (Å²) in [5, 5.41) is 0.643. The van der Waals surface area contributed by atoms with Gasteiger partial charge < -0.3 is 4.98 Å². The van der Waals surface area contributed by atoms with Crippen molar-refractivity contribution in [3.8, 4) is 0 Å². The van der Waals surface area contributed by atoms with Crippen molar-refractivity contribution in [2.45, 2.75) is 13.8 Å². The third kappa shape index (κ3) is 3.90. The molecule has 6 heteroatoms. The monoisotopic (exact) mass is 424 g/mol. The minimum atomic E-state index is -0.0816. The first-order valence-electron chi connectivity index (χ1n) is 9.96. The van der Waals surface area contributed by atoms with Crippen molar-refractivity contribution < 1.29 is 4.79 Å². The van der Waals surface area contributed by atoms with Crippen LogP contribution in [0.15, 0.2) is 83.0 Å². The molecule has 4 aromatic rings. The number of nitrogens with one attached hydrogen (secondary N) is 1. The van der Waals surface area contributed by atoms with E-state index in [4.69, 9.17) is 4.99 Å². The fourth-order valence-corrected chi connectivity index (χ4v) is 4.39. The van der Waals surface area contributed by atoms with Crippen LogP contribution in [0.4, 0.5) is 11.4 Å². The number of hydrogen-bond acceptors (Lipinski definition) is 4. The zero-order valence-corrected chi connectivity index (χ0v) is 18.0. The number of amidine groups is 1. The predicted octanol–water partition coefficient (Wildman–Crippen LogP) is 5.99. The number of aromatic nitrogens is 2. The number of carbonyl (C=O) groups excluding carboxylic acids is 1. The number of benzene rings is 3. The highest BCUT2D eigenvalue weighted by Gasteiger charge is 2.34. The Morgan fingerprint density at radius 3 is 2.42 bits per heavy atom. The first kappa shape index (κ1) is 19.3. The van der Waals surface area contributed by atoms with E-state index in [0.29, 0.717) is 10.1 Å². The average molecular weight is 425 g/mol. The molecule has 1 N–H and O–H groups in total. The van der Waals surface area contributed by atoms with Crippen molar-refractivity contribution in [1.82, 2.24) is 9.97 Å². The van der Waals surface area contributed by atoms with Gasteiger partial charge in [0.1, 0.15) is 0 Å². The van der Waals surface area contributed by atoms with Crippen molar-refractivity contribution >= 4 is 51.3 Å². The number of carbonyl (C=O) groups is 1. The number of hydrogen-bond donors (Lipinski definition) is 1. The molecule has 3 aromatic carbocycles. The van der Waals surface area contributed by atoms with E-state index in [9.17, 15) is 4.79 Å². The number of thioether (sulfide) groups is 1. The van der Waals surface area contributed by atoms with E-state index in [1.165, 1.54) is 17.3 Å². The fourth-order valence-electron chi connectivity index (χ4n) is 3.39. The van der Waals surface area contributed by atoms with Gasteiger partial charge >= 0.3 is 0 Å². The Hall–Kier alpha value is -3.64. The van der Waals surface area contributed by atoms with E-state index in [0.717, 1.165) is 33.5 Å². The third-order valence-electron chi connectivity index (χ3n) is 5.10. The summed E-state index contributed by atoms with van der Waals surface area (Å²) in [5.41, 5.74) is 6.70. The smallest absolute Gasteiger partial charge is 0.271 e. The maximum atomic E-state index is 13.4. The molecule has 0 radical (unpaired) electrons. The van der Waals surface area contributed by atoms with Gasteiger partial charge in [-0.05, 0) is 73.6 Å². The Balaban J connectivity index is 1.57. The van der Waals surface area contributed by atoms with Crippen molar-refractivity contribution in [2.24, 2.45) is 4.99 Å². The Bertz CT molecular complexity index is 1330. The van der Waals surface area contributed by atoms with Crippen LogP contribution < -0.4 is 4.90 Å². The summed E-state index contributed by atoms with van der Waals surface area (Å²) in [7, 11) is 0. The predicted molar refractivity (Wildman–Crippen MR) is 129 cm³/mol. The van der Waals surface area contributed by atoms with Gasteiger partial charge in [0.2, 0.25) is 0 Å². The normalized spacial score (nSPS) is 16.7. The highest BCUT2D eigenvalue weighted by molar-refractivity contribution is 8.19. The number of nitrogens with zero attached hydrogens (tertiary/aromatic N) is 3. The van der Waals surface area contributed by atoms with Crippen LogP contribution in [0, 0.1) is 13.8 Å². The average Bonchev–Trinajstić information content (AvgIpc) is 3.35. The lowest BCUT2D eigenvalue weighted by molar-refractivity contribution is -0.113. The highest BCUT2D eigenvalue weighted by Crippen LogP contribution is 2.37. The molecule has 0 saturated carbocycles. The summed E-state index contributed by atoms with van der Waals surface area (Å²) in [6, 6.07) is 21.8. The molecule has 1 amide bonds. The van der Waals surface area contributed by atoms with E-state index in [1.54, 1.807) is 11.2 Å². The maximum absolute atomic E-state index is 13.4. The van der Waals surface area contributed by atoms with Gasteiger partial charge in [0, 0.05) is 0 Å². The summed E-state index contributed by atoms with van der Waals surface area (Å²) >= 11 is 1.39. The van der Waals surface area contributed by atoms with Gasteiger partial charge in [-0.1, -0.05) is 41.5 Å². The Morgan fingerprint density at radius 2 is 1.68 bits per heavy atom. The van der Waals surface area contributed by atoms with Gasteiger partial charge in [0.25, 0.3) is 5.91 Å². The second kappa shape index (κ2) is 7.89. The minimum absolute atomic E-state index is 0.0816. The second-order valence-electron chi connectivity index (χ2n) is 7.50. The summed E-state index contributed by atoms with van der Waals surface area (Å²) in [6.45, 7) is 4.07. The number of aliphatic imine (C=N–C) groups is 1. The molecule has 1 fully saturated rings. The maximum Gasteiger partial charge on any atom is 0.271 e. The lowest BCUT2D eigenvalue weighted by Gasteiger charge is -2.16. The molecule has 0 bridgehead atoms.